The summed E-state index contributed by atoms with van der Waals surface area (Å²) in [5, 5.41) is 0. The van der Waals surface area contributed by atoms with Gasteiger partial charge in [0.1, 0.15) is 17.4 Å². The van der Waals surface area contributed by atoms with E-state index < -0.39 is 11.6 Å². The van der Waals surface area contributed by atoms with Crippen molar-refractivity contribution in [2.75, 3.05) is 6.61 Å². The fourth-order valence-corrected chi connectivity index (χ4v) is 3.28. The van der Waals surface area contributed by atoms with Crippen LogP contribution in [0.4, 0.5) is 8.78 Å². The Bertz CT molecular complexity index is 503. The third-order valence-electron chi connectivity index (χ3n) is 4.51. The van der Waals surface area contributed by atoms with Gasteiger partial charge in [0.25, 0.3) is 0 Å². The summed E-state index contributed by atoms with van der Waals surface area (Å²) in [6, 6.07) is 3.30. The molecule has 1 aromatic carbocycles. The van der Waals surface area contributed by atoms with Crippen molar-refractivity contribution >= 4 is 5.78 Å². The van der Waals surface area contributed by atoms with Gasteiger partial charge < -0.3 is 4.74 Å². The summed E-state index contributed by atoms with van der Waals surface area (Å²) in [4.78, 5) is 12.3. The molecular formula is C16H18F2O2. The zero-order valence-corrected chi connectivity index (χ0v) is 11.3. The number of carbonyl (C=O) groups is 1. The highest BCUT2D eigenvalue weighted by Crippen LogP contribution is 2.44. The van der Waals surface area contributed by atoms with Gasteiger partial charge in [-0.15, -0.1) is 0 Å². The van der Waals surface area contributed by atoms with Gasteiger partial charge >= 0.3 is 0 Å². The second kappa shape index (κ2) is 5.24. The lowest BCUT2D eigenvalue weighted by Gasteiger charge is -2.46. The van der Waals surface area contributed by atoms with E-state index in [1.165, 1.54) is 12.1 Å². The number of carbonyl (C=O) groups excluding carboxylic acids is 1. The normalized spacial score (nSPS) is 24.4. The minimum absolute atomic E-state index is 0.0321. The molecule has 0 radical (unpaired) electrons. The first-order valence-electron chi connectivity index (χ1n) is 7.18. The van der Waals surface area contributed by atoms with Crippen molar-refractivity contribution in [3.05, 3.63) is 35.4 Å². The van der Waals surface area contributed by atoms with E-state index in [1.54, 1.807) is 0 Å². The first-order chi connectivity index (χ1) is 9.56. The molecule has 2 fully saturated rings. The predicted octanol–water partition coefficient (Wildman–Crippen LogP) is 3.43. The quantitative estimate of drug-likeness (QED) is 0.848. The fourth-order valence-electron chi connectivity index (χ4n) is 3.28. The van der Waals surface area contributed by atoms with Gasteiger partial charge in [-0.3, -0.25) is 4.79 Å². The van der Waals surface area contributed by atoms with Crippen LogP contribution in [-0.4, -0.2) is 18.0 Å². The van der Waals surface area contributed by atoms with E-state index in [9.17, 15) is 13.6 Å². The summed E-state index contributed by atoms with van der Waals surface area (Å²) < 4.78 is 32.1. The molecule has 1 aromatic rings. The standard InChI is InChI=1S/C16H18F2O2/c17-13-6-11(7-14(18)9-13)8-15(19)12-2-5-20-16(10-12)3-1-4-16/h6-7,9,12H,1-5,8,10H2. The number of rotatable bonds is 3. The van der Waals surface area contributed by atoms with Gasteiger partial charge in [-0.1, -0.05) is 0 Å². The van der Waals surface area contributed by atoms with Crippen molar-refractivity contribution in [1.82, 2.24) is 0 Å². The molecule has 1 spiro atoms. The molecular weight excluding hydrogens is 262 g/mol. The Morgan fingerprint density at radius 3 is 2.55 bits per heavy atom. The summed E-state index contributed by atoms with van der Waals surface area (Å²) in [6.45, 7) is 0.619. The topological polar surface area (TPSA) is 26.3 Å². The van der Waals surface area contributed by atoms with Crippen LogP contribution in [0.25, 0.3) is 0 Å². The molecule has 0 aromatic heterocycles. The minimum Gasteiger partial charge on any atom is -0.375 e. The van der Waals surface area contributed by atoms with Gasteiger partial charge in [-0.2, -0.15) is 0 Å². The summed E-state index contributed by atoms with van der Waals surface area (Å²) in [5.41, 5.74) is 0.341. The molecule has 4 heteroatoms. The lowest BCUT2D eigenvalue weighted by Crippen LogP contribution is -2.47. The second-order valence-corrected chi connectivity index (χ2v) is 6.00. The third kappa shape index (κ3) is 2.75. The van der Waals surface area contributed by atoms with Crippen molar-refractivity contribution in [1.29, 1.82) is 0 Å². The average molecular weight is 280 g/mol. The van der Waals surface area contributed by atoms with E-state index in [1.807, 2.05) is 0 Å². The van der Waals surface area contributed by atoms with Gasteiger partial charge in [0.2, 0.25) is 0 Å². The van der Waals surface area contributed by atoms with Gasteiger partial charge in [-0.05, 0) is 49.8 Å². The molecule has 1 heterocycles. The summed E-state index contributed by atoms with van der Waals surface area (Å²) in [6.07, 6.45) is 4.82. The van der Waals surface area contributed by atoms with Gasteiger partial charge in [0.15, 0.2) is 0 Å². The Morgan fingerprint density at radius 1 is 1.25 bits per heavy atom. The summed E-state index contributed by atoms with van der Waals surface area (Å²) in [5.74, 6) is -1.22. The molecule has 1 atom stereocenters. The molecule has 20 heavy (non-hydrogen) atoms. The smallest absolute Gasteiger partial charge is 0.140 e. The van der Waals surface area contributed by atoms with Gasteiger partial charge in [-0.25, -0.2) is 8.78 Å². The van der Waals surface area contributed by atoms with Crippen LogP contribution in [0.2, 0.25) is 0 Å². The molecule has 0 N–H and O–H groups in total. The summed E-state index contributed by atoms with van der Waals surface area (Å²) >= 11 is 0. The van der Waals surface area contributed by atoms with E-state index in [0.717, 1.165) is 38.2 Å². The van der Waals surface area contributed by atoms with Crippen LogP contribution in [0.3, 0.4) is 0 Å². The van der Waals surface area contributed by atoms with Crippen molar-refractivity contribution in [2.24, 2.45) is 5.92 Å². The van der Waals surface area contributed by atoms with Crippen molar-refractivity contribution in [3.63, 3.8) is 0 Å². The van der Waals surface area contributed by atoms with Crippen molar-refractivity contribution < 1.29 is 18.3 Å². The zero-order valence-electron chi connectivity index (χ0n) is 11.3. The van der Waals surface area contributed by atoms with E-state index in [-0.39, 0.29) is 23.7 Å². The average Bonchev–Trinajstić information content (AvgIpc) is 2.36. The van der Waals surface area contributed by atoms with E-state index in [4.69, 9.17) is 4.74 Å². The van der Waals surface area contributed by atoms with Crippen LogP contribution >= 0.6 is 0 Å². The Hall–Kier alpha value is -1.29. The minimum atomic E-state index is -0.629. The van der Waals surface area contributed by atoms with Crippen LogP contribution in [0.5, 0.6) is 0 Å². The monoisotopic (exact) mass is 280 g/mol. The van der Waals surface area contributed by atoms with Crippen LogP contribution in [0.15, 0.2) is 18.2 Å². The third-order valence-corrected chi connectivity index (χ3v) is 4.51. The molecule has 1 unspecified atom stereocenters. The first-order valence-corrected chi connectivity index (χ1v) is 7.18. The summed E-state index contributed by atoms with van der Waals surface area (Å²) in [7, 11) is 0. The Kier molecular flexibility index (Phi) is 3.59. The molecule has 1 aliphatic heterocycles. The maximum atomic E-state index is 13.1. The number of ketones is 1. The highest BCUT2D eigenvalue weighted by molar-refractivity contribution is 5.83. The van der Waals surface area contributed by atoms with E-state index in [2.05, 4.69) is 0 Å². The molecule has 2 aliphatic rings. The molecule has 1 saturated heterocycles. The Balaban J connectivity index is 1.66. The van der Waals surface area contributed by atoms with Crippen LogP contribution < -0.4 is 0 Å². The molecule has 108 valence electrons. The maximum absolute atomic E-state index is 13.1. The molecule has 0 amide bonds. The maximum Gasteiger partial charge on any atom is 0.140 e. The number of benzene rings is 1. The van der Waals surface area contributed by atoms with Crippen LogP contribution in [0.1, 0.15) is 37.7 Å². The molecule has 1 aliphatic carbocycles. The Labute approximate surface area is 117 Å². The van der Waals surface area contributed by atoms with E-state index in [0.29, 0.717) is 12.2 Å². The number of hydrogen-bond donors (Lipinski definition) is 0. The largest absolute Gasteiger partial charge is 0.375 e. The molecule has 1 saturated carbocycles. The van der Waals surface area contributed by atoms with E-state index >= 15 is 0 Å². The highest BCUT2D eigenvalue weighted by Gasteiger charge is 2.44. The Morgan fingerprint density at radius 2 is 1.95 bits per heavy atom. The zero-order chi connectivity index (χ0) is 14.2. The molecule has 0 bridgehead atoms. The lowest BCUT2D eigenvalue weighted by atomic mass is 9.71. The number of ether oxygens (including phenoxy) is 1. The highest BCUT2D eigenvalue weighted by atomic mass is 19.1. The van der Waals surface area contributed by atoms with Crippen molar-refractivity contribution in [2.45, 2.75) is 44.1 Å². The number of Topliss-reactive ketones (excluding diaryl/α,β-unsaturated/α-hetero) is 1. The van der Waals surface area contributed by atoms with Gasteiger partial charge in [0.05, 0.1) is 5.60 Å². The van der Waals surface area contributed by atoms with Crippen LogP contribution in [0, 0.1) is 17.6 Å². The molecule has 2 nitrogen and oxygen atoms in total. The number of halogens is 2. The predicted molar refractivity (Wildman–Crippen MR) is 70.3 cm³/mol. The van der Waals surface area contributed by atoms with Crippen molar-refractivity contribution in [3.8, 4) is 0 Å². The molecule has 3 rings (SSSR count). The lowest BCUT2D eigenvalue weighted by molar-refractivity contribution is -0.155. The first kappa shape index (κ1) is 13.7. The van der Waals surface area contributed by atoms with Crippen LogP contribution in [-0.2, 0) is 16.0 Å². The fraction of sp³-hybridized carbons (Fsp3) is 0.562. The number of hydrogen-bond acceptors (Lipinski definition) is 2. The van der Waals surface area contributed by atoms with Gasteiger partial charge in [0, 0.05) is 25.0 Å². The SMILES string of the molecule is O=C(Cc1cc(F)cc(F)c1)C1CCOC2(CCC2)C1. The second-order valence-electron chi connectivity index (χ2n) is 6.00.